The number of phenolic OH excluding ortho intramolecular Hbond substituents is 3. The molecule has 22 heavy (non-hydrogen) atoms. The minimum Gasteiger partial charge on any atom is -0.508 e. The molecule has 3 aromatic rings. The van der Waals surface area contributed by atoms with Crippen molar-refractivity contribution in [1.82, 2.24) is 0 Å². The number of phenols is 3. The fraction of sp³-hybridized carbons (Fsp3) is 0.118. The molecule has 0 spiro atoms. The van der Waals surface area contributed by atoms with Crippen molar-refractivity contribution in [2.24, 2.45) is 0 Å². The topological polar surface area (TPSA) is 84.8 Å². The molecule has 1 unspecified atom stereocenters. The van der Waals surface area contributed by atoms with Gasteiger partial charge in [-0.05, 0) is 29.7 Å². The summed E-state index contributed by atoms with van der Waals surface area (Å²) in [6.45, 7) is 0.345. The molecule has 5 nitrogen and oxygen atoms in total. The number of fused-ring (bicyclic) bond motifs is 4. The molecular formula is C17H14NO4+. The Morgan fingerprint density at radius 1 is 0.909 bits per heavy atom. The van der Waals surface area contributed by atoms with E-state index in [0.29, 0.717) is 17.7 Å². The molecule has 4 rings (SSSR count). The number of aromatic hydroxyl groups is 3. The maximum absolute atomic E-state index is 10.3. The Kier molecular flexibility index (Phi) is 2.55. The second kappa shape index (κ2) is 4.35. The standard InChI is InChI=1S/C17H13NO4/c19-11-2-1-9-4-14-12-5-15(20)16(21)6-13(12)17(22)8-18(14)7-10(9)3-11/h1-7,17,19-20,22H,8H2/p+1. The maximum atomic E-state index is 10.3. The highest BCUT2D eigenvalue weighted by atomic mass is 16.3. The summed E-state index contributed by atoms with van der Waals surface area (Å²) >= 11 is 0. The predicted molar refractivity (Wildman–Crippen MR) is 79.5 cm³/mol. The number of nitrogens with zero attached hydrogens (tertiary/aromatic N) is 1. The molecule has 0 aliphatic carbocycles. The van der Waals surface area contributed by atoms with Gasteiger partial charge in [-0.3, -0.25) is 0 Å². The minimum absolute atomic E-state index is 0.187. The van der Waals surface area contributed by atoms with Gasteiger partial charge in [0.05, 0.1) is 5.56 Å². The quantitative estimate of drug-likeness (QED) is 0.377. The van der Waals surface area contributed by atoms with E-state index in [0.717, 1.165) is 16.5 Å². The Balaban J connectivity index is 2.03. The zero-order chi connectivity index (χ0) is 15.4. The van der Waals surface area contributed by atoms with Crippen LogP contribution in [0.25, 0.3) is 22.0 Å². The average Bonchev–Trinajstić information content (AvgIpc) is 2.48. The third kappa shape index (κ3) is 1.79. The lowest BCUT2D eigenvalue weighted by Crippen LogP contribution is -2.42. The molecule has 0 fully saturated rings. The number of aliphatic hydroxyl groups excluding tert-OH is 1. The van der Waals surface area contributed by atoms with Crippen LogP contribution in [0.4, 0.5) is 0 Å². The van der Waals surface area contributed by atoms with Crippen molar-refractivity contribution in [1.29, 1.82) is 0 Å². The van der Waals surface area contributed by atoms with Gasteiger partial charge in [0.2, 0.25) is 5.69 Å². The van der Waals surface area contributed by atoms with Crippen LogP contribution in [0, 0.1) is 0 Å². The number of benzene rings is 2. The molecule has 0 bridgehead atoms. The summed E-state index contributed by atoms with van der Waals surface area (Å²) in [5.41, 5.74) is 2.12. The van der Waals surface area contributed by atoms with E-state index in [1.807, 2.05) is 22.9 Å². The van der Waals surface area contributed by atoms with E-state index < -0.39 is 6.10 Å². The van der Waals surface area contributed by atoms with Crippen molar-refractivity contribution < 1.29 is 25.0 Å². The summed E-state index contributed by atoms with van der Waals surface area (Å²) in [6.07, 6.45) is 1.09. The molecule has 1 aliphatic heterocycles. The number of hydrogen-bond acceptors (Lipinski definition) is 4. The van der Waals surface area contributed by atoms with E-state index in [4.69, 9.17) is 0 Å². The summed E-state index contributed by atoms with van der Waals surface area (Å²) < 4.78 is 1.88. The Morgan fingerprint density at radius 3 is 2.50 bits per heavy atom. The first-order valence-electron chi connectivity index (χ1n) is 6.93. The Bertz CT molecular complexity index is 920. The average molecular weight is 296 g/mol. The van der Waals surface area contributed by atoms with Crippen molar-refractivity contribution in [3.8, 4) is 28.5 Å². The number of rotatable bonds is 0. The molecule has 4 N–H and O–H groups in total. The van der Waals surface area contributed by atoms with Crippen LogP contribution < -0.4 is 4.57 Å². The summed E-state index contributed by atoms with van der Waals surface area (Å²) in [6, 6.07) is 9.91. The molecule has 0 radical (unpaired) electrons. The highest BCUT2D eigenvalue weighted by molar-refractivity contribution is 5.85. The van der Waals surface area contributed by atoms with Gasteiger partial charge in [-0.15, -0.1) is 0 Å². The summed E-state index contributed by atoms with van der Waals surface area (Å²) in [5, 5.41) is 41.1. The number of aliphatic hydroxyl groups is 1. The fourth-order valence-corrected chi connectivity index (χ4v) is 3.03. The first-order chi connectivity index (χ1) is 10.5. The van der Waals surface area contributed by atoms with Crippen LogP contribution in [0.1, 0.15) is 11.7 Å². The molecule has 0 saturated carbocycles. The first kappa shape index (κ1) is 12.9. The van der Waals surface area contributed by atoms with Crippen LogP contribution in [0.3, 0.4) is 0 Å². The van der Waals surface area contributed by atoms with Crippen molar-refractivity contribution >= 4 is 10.8 Å². The van der Waals surface area contributed by atoms with Crippen LogP contribution >= 0.6 is 0 Å². The molecule has 1 aromatic heterocycles. The molecule has 0 amide bonds. The smallest absolute Gasteiger partial charge is 0.213 e. The summed E-state index contributed by atoms with van der Waals surface area (Å²) in [4.78, 5) is 0. The van der Waals surface area contributed by atoms with Gasteiger partial charge >= 0.3 is 0 Å². The van der Waals surface area contributed by atoms with Gasteiger partial charge in [0.15, 0.2) is 24.2 Å². The lowest BCUT2D eigenvalue weighted by atomic mass is 9.93. The van der Waals surface area contributed by atoms with Gasteiger partial charge < -0.3 is 20.4 Å². The summed E-state index contributed by atoms with van der Waals surface area (Å²) in [5.74, 6) is -0.269. The van der Waals surface area contributed by atoms with Gasteiger partial charge in [-0.1, -0.05) is 6.07 Å². The van der Waals surface area contributed by atoms with Gasteiger partial charge in [0.1, 0.15) is 11.9 Å². The number of aromatic nitrogens is 1. The van der Waals surface area contributed by atoms with Gasteiger partial charge in [-0.2, -0.15) is 4.57 Å². The van der Waals surface area contributed by atoms with Crippen LogP contribution in [-0.2, 0) is 6.54 Å². The third-order valence-corrected chi connectivity index (χ3v) is 4.12. The lowest BCUT2D eigenvalue weighted by molar-refractivity contribution is -0.695. The molecule has 0 saturated heterocycles. The largest absolute Gasteiger partial charge is 0.508 e. The molecular weight excluding hydrogens is 282 g/mol. The maximum Gasteiger partial charge on any atom is 0.213 e. The highest BCUT2D eigenvalue weighted by Crippen LogP contribution is 2.39. The lowest BCUT2D eigenvalue weighted by Gasteiger charge is -2.20. The second-order valence-corrected chi connectivity index (χ2v) is 5.57. The third-order valence-electron chi connectivity index (χ3n) is 4.12. The van der Waals surface area contributed by atoms with E-state index in [1.165, 1.54) is 12.1 Å². The monoisotopic (exact) mass is 296 g/mol. The normalized spacial score (nSPS) is 16.3. The van der Waals surface area contributed by atoms with Crippen molar-refractivity contribution in [3.05, 3.63) is 48.2 Å². The van der Waals surface area contributed by atoms with Crippen molar-refractivity contribution in [2.45, 2.75) is 12.6 Å². The van der Waals surface area contributed by atoms with Gasteiger partial charge in [-0.25, -0.2) is 0 Å². The molecule has 1 aliphatic rings. The van der Waals surface area contributed by atoms with Crippen LogP contribution in [-0.4, -0.2) is 20.4 Å². The summed E-state index contributed by atoms with van der Waals surface area (Å²) in [7, 11) is 0. The molecule has 5 heteroatoms. The van der Waals surface area contributed by atoms with Crippen LogP contribution in [0.15, 0.2) is 42.6 Å². The Morgan fingerprint density at radius 2 is 1.68 bits per heavy atom. The van der Waals surface area contributed by atoms with Crippen LogP contribution in [0.5, 0.6) is 17.2 Å². The Hall–Kier alpha value is -2.79. The SMILES string of the molecule is Oc1ccc2cc3[n+](cc2c1)CC(O)c1cc(O)c(O)cc1-3. The highest BCUT2D eigenvalue weighted by Gasteiger charge is 2.31. The number of hydrogen-bond donors (Lipinski definition) is 4. The van der Waals surface area contributed by atoms with Gasteiger partial charge in [0, 0.05) is 17.0 Å². The van der Waals surface area contributed by atoms with Crippen molar-refractivity contribution in [2.75, 3.05) is 0 Å². The first-order valence-corrected chi connectivity index (χ1v) is 6.93. The molecule has 2 heterocycles. The Labute approximate surface area is 126 Å². The zero-order valence-electron chi connectivity index (χ0n) is 11.6. The van der Waals surface area contributed by atoms with E-state index in [1.54, 1.807) is 12.1 Å². The molecule has 2 aromatic carbocycles. The zero-order valence-corrected chi connectivity index (χ0v) is 11.6. The molecule has 1 atom stereocenters. The molecule has 110 valence electrons. The van der Waals surface area contributed by atoms with E-state index in [-0.39, 0.29) is 17.2 Å². The van der Waals surface area contributed by atoms with Gasteiger partial charge in [0.25, 0.3) is 0 Å². The fourth-order valence-electron chi connectivity index (χ4n) is 3.03. The van der Waals surface area contributed by atoms with E-state index in [2.05, 4.69) is 0 Å². The van der Waals surface area contributed by atoms with E-state index >= 15 is 0 Å². The minimum atomic E-state index is -0.770. The van der Waals surface area contributed by atoms with Crippen LogP contribution in [0.2, 0.25) is 0 Å². The number of pyridine rings is 1. The predicted octanol–water partition coefficient (Wildman–Crippen LogP) is 1.96. The van der Waals surface area contributed by atoms with E-state index in [9.17, 15) is 20.4 Å². The van der Waals surface area contributed by atoms with Crippen molar-refractivity contribution in [3.63, 3.8) is 0 Å². The second-order valence-electron chi connectivity index (χ2n) is 5.57.